The third-order valence-electron chi connectivity index (χ3n) is 5.39. The Morgan fingerprint density at radius 1 is 1.00 bits per heavy atom. The zero-order valence-corrected chi connectivity index (χ0v) is 14.6. The molecule has 0 bridgehead atoms. The molecule has 1 aromatic carbocycles. The molecule has 0 radical (unpaired) electrons. The molecule has 1 amide bonds. The molecule has 3 rings (SSSR count). The van der Waals surface area contributed by atoms with E-state index >= 15 is 0 Å². The quantitative estimate of drug-likeness (QED) is 0.854. The van der Waals surface area contributed by atoms with Crippen LogP contribution in [0.5, 0.6) is 0 Å². The Kier molecular flexibility index (Phi) is 5.21. The van der Waals surface area contributed by atoms with Gasteiger partial charge in [-0.05, 0) is 57.0 Å². The van der Waals surface area contributed by atoms with Crippen molar-refractivity contribution in [2.75, 3.05) is 50.7 Å². The predicted octanol–water partition coefficient (Wildman–Crippen LogP) is 2.44. The number of piperazine rings is 1. The van der Waals surface area contributed by atoms with Crippen molar-refractivity contribution in [3.63, 3.8) is 0 Å². The molecule has 0 saturated carbocycles. The highest BCUT2D eigenvalue weighted by Gasteiger charge is 2.23. The standard InChI is InChI=1S/C19H29N3O/c1-16-6-5-7-18(17(16)2)21-12-14-22(15-13-21)19(23)8-11-20-9-3-4-10-20/h5-7H,3-4,8-15H2,1-2H3. The van der Waals surface area contributed by atoms with E-state index in [2.05, 4.69) is 46.7 Å². The highest BCUT2D eigenvalue weighted by atomic mass is 16.2. The van der Waals surface area contributed by atoms with Crippen molar-refractivity contribution in [1.82, 2.24) is 9.80 Å². The van der Waals surface area contributed by atoms with Crippen LogP contribution in [0.25, 0.3) is 0 Å². The van der Waals surface area contributed by atoms with Crippen LogP contribution in [0, 0.1) is 13.8 Å². The summed E-state index contributed by atoms with van der Waals surface area (Å²) in [5, 5.41) is 0. The van der Waals surface area contributed by atoms with Crippen LogP contribution in [0.2, 0.25) is 0 Å². The molecule has 0 spiro atoms. The lowest BCUT2D eigenvalue weighted by molar-refractivity contribution is -0.131. The molecule has 1 aromatic rings. The number of benzene rings is 1. The molecule has 2 fully saturated rings. The van der Waals surface area contributed by atoms with E-state index in [1.807, 2.05) is 0 Å². The number of likely N-dealkylation sites (tertiary alicyclic amines) is 1. The number of hydrogen-bond acceptors (Lipinski definition) is 3. The van der Waals surface area contributed by atoms with Crippen LogP contribution in [0.1, 0.15) is 30.4 Å². The van der Waals surface area contributed by atoms with Gasteiger partial charge < -0.3 is 14.7 Å². The molecule has 4 nitrogen and oxygen atoms in total. The van der Waals surface area contributed by atoms with E-state index in [-0.39, 0.29) is 0 Å². The zero-order chi connectivity index (χ0) is 16.2. The Morgan fingerprint density at radius 2 is 1.70 bits per heavy atom. The van der Waals surface area contributed by atoms with Gasteiger partial charge in [-0.2, -0.15) is 0 Å². The minimum Gasteiger partial charge on any atom is -0.368 e. The monoisotopic (exact) mass is 315 g/mol. The van der Waals surface area contributed by atoms with Crippen LogP contribution >= 0.6 is 0 Å². The minimum absolute atomic E-state index is 0.331. The third-order valence-corrected chi connectivity index (χ3v) is 5.39. The SMILES string of the molecule is Cc1cccc(N2CCN(C(=O)CCN3CCCC3)CC2)c1C. The first-order valence-corrected chi connectivity index (χ1v) is 8.96. The average molecular weight is 315 g/mol. The van der Waals surface area contributed by atoms with Gasteiger partial charge in [-0.15, -0.1) is 0 Å². The van der Waals surface area contributed by atoms with Crippen LogP contribution in [-0.2, 0) is 4.79 Å². The van der Waals surface area contributed by atoms with Gasteiger partial charge in [0, 0.05) is 44.8 Å². The van der Waals surface area contributed by atoms with E-state index in [0.29, 0.717) is 12.3 Å². The molecule has 2 aliphatic rings. The zero-order valence-electron chi connectivity index (χ0n) is 14.6. The lowest BCUT2D eigenvalue weighted by atomic mass is 10.1. The van der Waals surface area contributed by atoms with E-state index in [9.17, 15) is 4.79 Å². The van der Waals surface area contributed by atoms with Gasteiger partial charge in [0.15, 0.2) is 0 Å². The van der Waals surface area contributed by atoms with E-state index in [4.69, 9.17) is 0 Å². The highest BCUT2D eigenvalue weighted by molar-refractivity contribution is 5.76. The maximum atomic E-state index is 12.4. The third kappa shape index (κ3) is 3.86. The van der Waals surface area contributed by atoms with Gasteiger partial charge in [0.2, 0.25) is 5.91 Å². The Labute approximate surface area is 140 Å². The molecular formula is C19H29N3O. The van der Waals surface area contributed by atoms with E-state index < -0.39 is 0 Å². The maximum absolute atomic E-state index is 12.4. The first kappa shape index (κ1) is 16.3. The van der Waals surface area contributed by atoms with Gasteiger partial charge in [-0.3, -0.25) is 4.79 Å². The van der Waals surface area contributed by atoms with Crippen LogP contribution in [0.15, 0.2) is 18.2 Å². The Bertz CT molecular complexity index is 544. The fourth-order valence-electron chi connectivity index (χ4n) is 3.69. The summed E-state index contributed by atoms with van der Waals surface area (Å²) < 4.78 is 0. The summed E-state index contributed by atoms with van der Waals surface area (Å²) in [6, 6.07) is 6.50. The van der Waals surface area contributed by atoms with Crippen LogP contribution in [-0.4, -0.2) is 61.5 Å². The molecule has 2 heterocycles. The lowest BCUT2D eigenvalue weighted by Gasteiger charge is -2.37. The number of carbonyl (C=O) groups is 1. The molecule has 23 heavy (non-hydrogen) atoms. The molecule has 0 atom stereocenters. The largest absolute Gasteiger partial charge is 0.368 e. The average Bonchev–Trinajstić information content (AvgIpc) is 3.09. The number of hydrogen-bond donors (Lipinski definition) is 0. The normalized spacial score (nSPS) is 19.4. The van der Waals surface area contributed by atoms with Crippen molar-refractivity contribution in [2.24, 2.45) is 0 Å². The molecular weight excluding hydrogens is 286 g/mol. The van der Waals surface area contributed by atoms with Crippen LogP contribution in [0.3, 0.4) is 0 Å². The molecule has 2 saturated heterocycles. The number of carbonyl (C=O) groups excluding carboxylic acids is 1. The molecule has 2 aliphatic heterocycles. The smallest absolute Gasteiger partial charge is 0.223 e. The van der Waals surface area contributed by atoms with Crippen LogP contribution < -0.4 is 4.90 Å². The minimum atomic E-state index is 0.331. The van der Waals surface area contributed by atoms with E-state index in [1.54, 1.807) is 0 Å². The van der Waals surface area contributed by atoms with E-state index in [0.717, 1.165) is 32.7 Å². The van der Waals surface area contributed by atoms with Crippen molar-refractivity contribution >= 4 is 11.6 Å². The lowest BCUT2D eigenvalue weighted by Crippen LogP contribution is -2.49. The number of rotatable bonds is 4. The molecule has 0 unspecified atom stereocenters. The fourth-order valence-corrected chi connectivity index (χ4v) is 3.69. The predicted molar refractivity (Wildman–Crippen MR) is 95.0 cm³/mol. The van der Waals surface area contributed by atoms with Gasteiger partial charge in [-0.25, -0.2) is 0 Å². The molecule has 4 heteroatoms. The molecule has 0 aliphatic carbocycles. The second-order valence-electron chi connectivity index (χ2n) is 6.89. The fraction of sp³-hybridized carbons (Fsp3) is 0.632. The first-order chi connectivity index (χ1) is 11.1. The maximum Gasteiger partial charge on any atom is 0.223 e. The van der Waals surface area contributed by atoms with Crippen molar-refractivity contribution in [3.05, 3.63) is 29.3 Å². The summed E-state index contributed by atoms with van der Waals surface area (Å²) in [6.07, 6.45) is 3.27. The van der Waals surface area contributed by atoms with Crippen molar-refractivity contribution in [3.8, 4) is 0 Å². The van der Waals surface area contributed by atoms with Gasteiger partial charge >= 0.3 is 0 Å². The summed E-state index contributed by atoms with van der Waals surface area (Å²) in [7, 11) is 0. The topological polar surface area (TPSA) is 26.8 Å². The van der Waals surface area contributed by atoms with Crippen LogP contribution in [0.4, 0.5) is 5.69 Å². The molecule has 0 N–H and O–H groups in total. The number of anilines is 1. The van der Waals surface area contributed by atoms with Gasteiger partial charge in [0.05, 0.1) is 0 Å². The second kappa shape index (κ2) is 7.35. The number of amides is 1. The van der Waals surface area contributed by atoms with Crippen molar-refractivity contribution in [1.29, 1.82) is 0 Å². The van der Waals surface area contributed by atoms with Gasteiger partial charge in [0.25, 0.3) is 0 Å². The van der Waals surface area contributed by atoms with Crippen molar-refractivity contribution in [2.45, 2.75) is 33.1 Å². The second-order valence-corrected chi connectivity index (χ2v) is 6.89. The number of aryl methyl sites for hydroxylation is 1. The molecule has 0 aromatic heterocycles. The summed E-state index contributed by atoms with van der Waals surface area (Å²) in [5.41, 5.74) is 4.03. The van der Waals surface area contributed by atoms with Crippen molar-refractivity contribution < 1.29 is 4.79 Å². The summed E-state index contributed by atoms with van der Waals surface area (Å²) in [6.45, 7) is 11.2. The first-order valence-electron chi connectivity index (χ1n) is 8.96. The van der Waals surface area contributed by atoms with Gasteiger partial charge in [-0.1, -0.05) is 12.1 Å². The van der Waals surface area contributed by atoms with Gasteiger partial charge in [0.1, 0.15) is 0 Å². The highest BCUT2D eigenvalue weighted by Crippen LogP contribution is 2.24. The Balaban J connectivity index is 1.49. The summed E-state index contributed by atoms with van der Waals surface area (Å²) in [4.78, 5) is 19.3. The summed E-state index contributed by atoms with van der Waals surface area (Å²) >= 11 is 0. The van der Waals surface area contributed by atoms with E-state index in [1.165, 1.54) is 42.7 Å². The summed E-state index contributed by atoms with van der Waals surface area (Å²) in [5.74, 6) is 0.331. The number of nitrogens with zero attached hydrogens (tertiary/aromatic N) is 3. The molecule has 126 valence electrons. The Morgan fingerprint density at radius 3 is 2.39 bits per heavy atom. The Hall–Kier alpha value is -1.55.